The number of nitrogens with zero attached hydrogens (tertiary/aromatic N) is 1. The van der Waals surface area contributed by atoms with Crippen molar-refractivity contribution in [3.8, 4) is 0 Å². The lowest BCUT2D eigenvalue weighted by molar-refractivity contribution is -0.155. The van der Waals surface area contributed by atoms with Crippen LogP contribution in [0.25, 0.3) is 0 Å². The van der Waals surface area contributed by atoms with E-state index in [0.29, 0.717) is 32.5 Å². The third kappa shape index (κ3) is 24.0. The second kappa shape index (κ2) is 29.5. The van der Waals surface area contributed by atoms with Crippen LogP contribution in [-0.4, -0.2) is 74.8 Å². The van der Waals surface area contributed by atoms with Crippen LogP contribution in [0.1, 0.15) is 151 Å². The number of carbonyl (C=O) groups is 4. The summed E-state index contributed by atoms with van der Waals surface area (Å²) >= 11 is 0. The molecule has 2 unspecified atom stereocenters. The fourth-order valence-electron chi connectivity index (χ4n) is 6.95. The summed E-state index contributed by atoms with van der Waals surface area (Å²) in [5.74, 6) is -1.50. The van der Waals surface area contributed by atoms with Crippen molar-refractivity contribution in [2.45, 2.75) is 151 Å². The predicted octanol–water partition coefficient (Wildman–Crippen LogP) is 10.7. The quantitative estimate of drug-likeness (QED) is 0.0347. The summed E-state index contributed by atoms with van der Waals surface area (Å²) in [6, 6.07) is 0. The van der Waals surface area contributed by atoms with Crippen LogP contribution in [0.5, 0.6) is 0 Å². The minimum absolute atomic E-state index is 0.0221. The van der Waals surface area contributed by atoms with E-state index in [1.807, 2.05) is 11.8 Å². The first-order chi connectivity index (χ1) is 27.4. The molecule has 0 amide bonds. The van der Waals surface area contributed by atoms with E-state index in [1.54, 1.807) is 0 Å². The van der Waals surface area contributed by atoms with Crippen LogP contribution >= 0.6 is 0 Å². The lowest BCUT2D eigenvalue weighted by Gasteiger charge is -2.21. The van der Waals surface area contributed by atoms with Gasteiger partial charge in [-0.3, -0.25) is 19.2 Å². The van der Waals surface area contributed by atoms with Gasteiger partial charge >= 0.3 is 23.9 Å². The zero-order chi connectivity index (χ0) is 41.8. The maximum absolute atomic E-state index is 12.6. The molecule has 9 heteroatoms. The van der Waals surface area contributed by atoms with E-state index >= 15 is 0 Å². The molecule has 9 nitrogen and oxygen atoms in total. The van der Waals surface area contributed by atoms with Gasteiger partial charge in [0, 0.05) is 13.1 Å². The summed E-state index contributed by atoms with van der Waals surface area (Å²) in [5.41, 5.74) is 8.40. The molecule has 57 heavy (non-hydrogen) atoms. The van der Waals surface area contributed by atoms with Gasteiger partial charge in [-0.05, 0) is 138 Å². The number of rotatable bonds is 27. The van der Waals surface area contributed by atoms with Crippen molar-refractivity contribution >= 4 is 23.9 Å². The summed E-state index contributed by atoms with van der Waals surface area (Å²) in [6.07, 6.45) is 27.3. The highest BCUT2D eigenvalue weighted by Gasteiger charge is 2.24. The van der Waals surface area contributed by atoms with Crippen LogP contribution in [0.2, 0.25) is 0 Å². The molecule has 320 valence electrons. The Labute approximate surface area is 345 Å². The zero-order valence-corrected chi connectivity index (χ0v) is 36.6. The Morgan fingerprint density at radius 3 is 1.33 bits per heavy atom. The van der Waals surface area contributed by atoms with Gasteiger partial charge in [0.05, 0.1) is 24.7 Å². The van der Waals surface area contributed by atoms with E-state index in [0.717, 1.165) is 77.0 Å². The predicted molar refractivity (Wildman–Crippen MR) is 229 cm³/mol. The Kier molecular flexibility index (Phi) is 25.6. The van der Waals surface area contributed by atoms with Gasteiger partial charge in [0.25, 0.3) is 0 Å². The summed E-state index contributed by atoms with van der Waals surface area (Å²) in [6.45, 7) is 16.5. The van der Waals surface area contributed by atoms with E-state index in [2.05, 4.69) is 78.0 Å². The highest BCUT2D eigenvalue weighted by atomic mass is 16.6. The number of hydrogen-bond donors (Lipinski definition) is 0. The summed E-state index contributed by atoms with van der Waals surface area (Å²) in [5, 5.41) is 0. The Balaban J connectivity index is 1.51. The van der Waals surface area contributed by atoms with E-state index in [1.165, 1.54) is 33.4 Å². The second-order valence-corrected chi connectivity index (χ2v) is 16.2. The summed E-state index contributed by atoms with van der Waals surface area (Å²) in [7, 11) is 0. The fourth-order valence-corrected chi connectivity index (χ4v) is 6.95. The fraction of sp³-hybridized carbons (Fsp3) is 0.667. The lowest BCUT2D eigenvalue weighted by atomic mass is 9.87. The van der Waals surface area contributed by atoms with Crippen LogP contribution in [0, 0.1) is 11.8 Å². The SMILES string of the molecule is CCN(CCC(=O)OCCOC(=O)C1CC=C(CC/C=C(\C)CCC=C(C)C)CC1)CCC(=O)OCCOC(=O)C1CC=C(CC/C=C(\C)CCC=C(C)C)CC1. The molecule has 0 aliphatic heterocycles. The van der Waals surface area contributed by atoms with Crippen LogP contribution in [0.15, 0.2) is 69.9 Å². The van der Waals surface area contributed by atoms with Crippen LogP contribution < -0.4 is 0 Å². The Hall–Kier alpha value is -3.72. The van der Waals surface area contributed by atoms with E-state index in [4.69, 9.17) is 18.9 Å². The van der Waals surface area contributed by atoms with Gasteiger partial charge in [-0.15, -0.1) is 0 Å². The van der Waals surface area contributed by atoms with Crippen molar-refractivity contribution in [2.24, 2.45) is 11.8 Å². The molecule has 0 N–H and O–H groups in total. The van der Waals surface area contributed by atoms with Crippen molar-refractivity contribution in [3.05, 3.63) is 69.9 Å². The molecule has 0 saturated heterocycles. The minimum Gasteiger partial charge on any atom is -0.462 e. The van der Waals surface area contributed by atoms with Crippen LogP contribution in [0.3, 0.4) is 0 Å². The molecule has 0 aromatic rings. The molecule has 0 spiro atoms. The molecule has 0 bridgehead atoms. The van der Waals surface area contributed by atoms with E-state index in [9.17, 15) is 19.2 Å². The number of allylic oxidation sites excluding steroid dienone is 12. The molecule has 0 heterocycles. The van der Waals surface area contributed by atoms with E-state index in [-0.39, 0.29) is 75.0 Å². The standard InChI is InChI=1S/C48H75NO8/c1-8-49(31-29-45(50)54-33-35-56-47(52)43-25-21-41(22-26-43)19-11-17-39(6)15-9-13-37(2)3)32-30-46(51)55-34-36-57-48(53)44-27-23-42(24-28-44)20-12-18-40(7)16-10-14-38(4)5/h13-14,17-18,21,23,43-44H,8-12,15-16,19-20,22,24-36H2,1-7H3/b39-17+,40-18+. The smallest absolute Gasteiger partial charge is 0.309 e. The average molecular weight is 794 g/mol. The van der Waals surface area contributed by atoms with E-state index < -0.39 is 0 Å². The normalized spacial score (nSPS) is 17.3. The van der Waals surface area contributed by atoms with Crippen LogP contribution in [0.4, 0.5) is 0 Å². The van der Waals surface area contributed by atoms with Gasteiger partial charge in [-0.25, -0.2) is 0 Å². The van der Waals surface area contributed by atoms with Gasteiger partial charge in [-0.2, -0.15) is 0 Å². The van der Waals surface area contributed by atoms with Gasteiger partial charge in [0.15, 0.2) is 0 Å². The number of carbonyl (C=O) groups excluding carboxylic acids is 4. The lowest BCUT2D eigenvalue weighted by Crippen LogP contribution is -2.30. The van der Waals surface area contributed by atoms with Gasteiger partial charge in [0.2, 0.25) is 0 Å². The molecule has 0 aromatic heterocycles. The van der Waals surface area contributed by atoms with Gasteiger partial charge in [-0.1, -0.05) is 76.8 Å². The molecule has 2 aliphatic carbocycles. The molecular formula is C48H75NO8. The molecule has 0 saturated carbocycles. The summed E-state index contributed by atoms with van der Waals surface area (Å²) in [4.78, 5) is 51.7. The molecule has 2 aliphatic rings. The average Bonchev–Trinajstić information content (AvgIpc) is 3.18. The van der Waals surface area contributed by atoms with Crippen molar-refractivity contribution in [2.75, 3.05) is 46.1 Å². The number of hydrogen-bond acceptors (Lipinski definition) is 9. The molecule has 0 radical (unpaired) electrons. The molecule has 2 rings (SSSR count). The Morgan fingerprint density at radius 1 is 0.579 bits per heavy atom. The molecule has 0 aromatic carbocycles. The van der Waals surface area contributed by atoms with Crippen LogP contribution in [-0.2, 0) is 38.1 Å². The zero-order valence-electron chi connectivity index (χ0n) is 36.6. The number of ether oxygens (including phenoxy) is 4. The molecule has 0 fully saturated rings. The van der Waals surface area contributed by atoms with Crippen molar-refractivity contribution < 1.29 is 38.1 Å². The third-order valence-electron chi connectivity index (χ3n) is 10.7. The largest absolute Gasteiger partial charge is 0.462 e. The van der Waals surface area contributed by atoms with Gasteiger partial charge < -0.3 is 23.8 Å². The Bertz CT molecular complexity index is 1330. The third-order valence-corrected chi connectivity index (χ3v) is 10.7. The molecule has 2 atom stereocenters. The monoisotopic (exact) mass is 794 g/mol. The highest BCUT2D eigenvalue weighted by molar-refractivity contribution is 5.73. The first-order valence-corrected chi connectivity index (χ1v) is 21.7. The second-order valence-electron chi connectivity index (χ2n) is 16.2. The first-order valence-electron chi connectivity index (χ1n) is 21.7. The van der Waals surface area contributed by atoms with Crippen molar-refractivity contribution in [3.63, 3.8) is 0 Å². The first kappa shape index (κ1) is 49.4. The maximum Gasteiger partial charge on any atom is 0.309 e. The topological polar surface area (TPSA) is 108 Å². The Morgan fingerprint density at radius 2 is 0.982 bits per heavy atom. The maximum atomic E-state index is 12.6. The highest BCUT2D eigenvalue weighted by Crippen LogP contribution is 2.29. The van der Waals surface area contributed by atoms with Gasteiger partial charge in [0.1, 0.15) is 26.4 Å². The minimum atomic E-state index is -0.376. The number of esters is 4. The summed E-state index contributed by atoms with van der Waals surface area (Å²) < 4.78 is 21.4. The molecular weight excluding hydrogens is 719 g/mol. The van der Waals surface area contributed by atoms with Crippen molar-refractivity contribution in [1.82, 2.24) is 4.90 Å². The van der Waals surface area contributed by atoms with Crippen molar-refractivity contribution in [1.29, 1.82) is 0 Å².